The molecule has 78 heavy (non-hydrogen) atoms. The fraction of sp³-hybridized carbons (Fsp3) is 0.907. The van der Waals surface area contributed by atoms with Crippen molar-refractivity contribution in [2.24, 2.45) is 56.2 Å². The number of aliphatic carboxylic acids is 1. The van der Waals surface area contributed by atoms with Gasteiger partial charge in [-0.3, -0.25) is 9.59 Å². The van der Waals surface area contributed by atoms with E-state index in [9.17, 15) is 70.6 Å². The fourth-order valence-electron chi connectivity index (χ4n) is 16.5. The summed E-state index contributed by atoms with van der Waals surface area (Å²) >= 11 is 0. The largest absolute Gasteiger partial charge is 1.00 e. The number of carbonyl (C=O) groups excluding carboxylic acids is 3. The average molecular weight is 1120 g/mol. The molecule has 2 bridgehead atoms. The maximum absolute atomic E-state index is 13.6. The molecule has 0 aromatic rings. The van der Waals surface area contributed by atoms with E-state index in [1.165, 1.54) is 12.5 Å². The summed E-state index contributed by atoms with van der Waals surface area (Å²) in [6.45, 7) is 15.8. The Bertz CT molecular complexity index is 2240. The smallest absolute Gasteiger partial charge is 0.547 e. The van der Waals surface area contributed by atoms with Crippen LogP contribution in [0, 0.1) is 56.2 Å². The second-order valence-electron chi connectivity index (χ2n) is 25.8. The van der Waals surface area contributed by atoms with Crippen LogP contribution in [0.1, 0.15) is 107 Å². The quantitative estimate of drug-likeness (QED) is 0.0337. The molecule has 0 spiro atoms. The van der Waals surface area contributed by atoms with E-state index < -0.39 is 187 Å². The van der Waals surface area contributed by atoms with Crippen molar-refractivity contribution in [2.75, 3.05) is 26.4 Å². The van der Waals surface area contributed by atoms with Crippen LogP contribution in [-0.2, 0) is 57.0 Å². The number of allylic oxidation sites excluding steroid dienone is 2. The number of rotatable bonds is 14. The van der Waals surface area contributed by atoms with Gasteiger partial charge in [-0.2, -0.15) is 0 Å². The zero-order valence-electron chi connectivity index (χ0n) is 46.4. The first kappa shape index (κ1) is 62.5. The Morgan fingerprint density at radius 3 is 2.08 bits per heavy atom. The van der Waals surface area contributed by atoms with Crippen LogP contribution in [0.3, 0.4) is 0 Å². The van der Waals surface area contributed by atoms with Gasteiger partial charge in [0.05, 0.1) is 61.5 Å². The summed E-state index contributed by atoms with van der Waals surface area (Å²) in [6, 6.07) is 0. The van der Waals surface area contributed by atoms with Gasteiger partial charge in [0.15, 0.2) is 18.9 Å². The van der Waals surface area contributed by atoms with Crippen LogP contribution in [-0.4, -0.2) is 212 Å². The molecule has 4 heterocycles. The van der Waals surface area contributed by atoms with E-state index in [0.29, 0.717) is 44.9 Å². The molecule has 24 heteroatoms. The van der Waals surface area contributed by atoms with Gasteiger partial charge in [0, 0.05) is 12.3 Å². The minimum Gasteiger partial charge on any atom is -0.547 e. The van der Waals surface area contributed by atoms with Crippen molar-refractivity contribution in [2.45, 2.75) is 224 Å². The molecule has 4 aliphatic heterocycles. The van der Waals surface area contributed by atoms with Gasteiger partial charge < -0.3 is 104 Å². The maximum Gasteiger partial charge on any atom is 1.00 e. The van der Waals surface area contributed by atoms with Gasteiger partial charge in [-0.25, -0.2) is 0 Å². The van der Waals surface area contributed by atoms with Crippen molar-refractivity contribution in [1.29, 1.82) is 0 Å². The van der Waals surface area contributed by atoms with Gasteiger partial charge in [0.1, 0.15) is 79.9 Å². The Morgan fingerprint density at radius 2 is 1.44 bits per heavy atom. The molecular formula is C54H83NaO23. The first-order chi connectivity index (χ1) is 36.0. The first-order valence-corrected chi connectivity index (χ1v) is 27.4. The van der Waals surface area contributed by atoms with E-state index in [0.717, 1.165) is 0 Å². The van der Waals surface area contributed by atoms with Crippen LogP contribution in [0.2, 0.25) is 0 Å². The molecule has 0 radical (unpaired) electrons. The van der Waals surface area contributed by atoms with Gasteiger partial charge in [-0.15, -0.1) is 0 Å². The standard InChI is InChI=1S/C54H84O23.Na/c1-22(23(2)71-24(3)57)45(68)70-21-54-26-16-49(4,5)43(42(54)65)73-32(54)17-53(9)25(26)10-11-30-50(6)14-13-31(51(7,20-56)29(50)12-15-52(30,53)8)74-48-40(76-46-36(62)33(59)27(58)19-69-46)38(64)39(41(77-48)44(66)67)75-47-37(63)35(61)34(60)28(18-55)72-47;/h10,22-23,26-43,46-48,55-56,58-65H,11-21H2,1-9H3,(H,66,67);/q;+1/p-1/t22?,23?,26-,27+,28+,29+,30+,31?,32+,33-,34+,35-,36+,37+,38-,39-,40+,41-,42?,43+,46-,47-,48+,50-,51-,52+,53+,54-;/m0./s1. The van der Waals surface area contributed by atoms with Gasteiger partial charge in [0.2, 0.25) is 0 Å². The van der Waals surface area contributed by atoms with Gasteiger partial charge in [-0.1, -0.05) is 53.2 Å². The number of carboxylic acids is 1. The first-order valence-electron chi connectivity index (χ1n) is 27.4. The predicted molar refractivity (Wildman–Crippen MR) is 258 cm³/mol. The minimum atomic E-state index is -2.20. The normalized spacial score (nSPS) is 51.0. The van der Waals surface area contributed by atoms with Crippen LogP contribution < -0.4 is 34.7 Å². The van der Waals surface area contributed by atoms with Crippen LogP contribution >= 0.6 is 0 Å². The van der Waals surface area contributed by atoms with Gasteiger partial charge in [-0.05, 0) is 98.2 Å². The maximum atomic E-state index is 13.6. The molecule has 0 aromatic carbocycles. The Morgan fingerprint density at radius 1 is 0.769 bits per heavy atom. The van der Waals surface area contributed by atoms with Crippen molar-refractivity contribution in [1.82, 2.24) is 0 Å². The Kier molecular flexibility index (Phi) is 18.0. The van der Waals surface area contributed by atoms with Crippen molar-refractivity contribution >= 4 is 17.9 Å². The van der Waals surface area contributed by atoms with Crippen molar-refractivity contribution in [3.8, 4) is 0 Å². The molecular weight excluding hydrogens is 1040 g/mol. The van der Waals surface area contributed by atoms with Crippen LogP contribution in [0.25, 0.3) is 0 Å². The summed E-state index contributed by atoms with van der Waals surface area (Å²) in [5.74, 6) is -4.10. The van der Waals surface area contributed by atoms with Crippen molar-refractivity contribution in [3.05, 3.63) is 11.6 Å². The van der Waals surface area contributed by atoms with Crippen molar-refractivity contribution in [3.63, 3.8) is 0 Å². The van der Waals surface area contributed by atoms with Gasteiger partial charge in [0.25, 0.3) is 0 Å². The fourth-order valence-corrected chi connectivity index (χ4v) is 16.5. The Balaban J connectivity index is 0.00000803. The molecule has 23 nitrogen and oxygen atoms in total. The molecule has 10 N–H and O–H groups in total. The van der Waals surface area contributed by atoms with Gasteiger partial charge >= 0.3 is 41.5 Å². The molecule has 0 amide bonds. The Labute approximate surface area is 476 Å². The summed E-state index contributed by atoms with van der Waals surface area (Å²) in [5, 5.41) is 123. The average Bonchev–Trinajstić information content (AvgIpc) is 3.52. The molecule has 4 saturated carbocycles. The van der Waals surface area contributed by atoms with Crippen LogP contribution in [0.15, 0.2) is 11.6 Å². The number of aliphatic hydroxyl groups excluding tert-OH is 10. The number of aliphatic hydroxyl groups is 10. The van der Waals surface area contributed by atoms with E-state index >= 15 is 0 Å². The summed E-state index contributed by atoms with van der Waals surface area (Å²) in [5.41, 5.74) is -2.45. The molecule has 8 fully saturated rings. The number of carbonyl (C=O) groups is 3. The van der Waals surface area contributed by atoms with Crippen LogP contribution in [0.5, 0.6) is 0 Å². The molecule has 0 aromatic heterocycles. The topological polar surface area (TPSA) is 360 Å². The molecule has 9 aliphatic rings. The van der Waals surface area contributed by atoms with Crippen molar-refractivity contribution < 1.29 is 143 Å². The number of hydrogen-bond acceptors (Lipinski definition) is 23. The third-order valence-electron chi connectivity index (χ3n) is 21.3. The molecule has 438 valence electrons. The van der Waals surface area contributed by atoms with Crippen LogP contribution in [0.4, 0.5) is 0 Å². The van der Waals surface area contributed by atoms with E-state index in [-0.39, 0.29) is 59.3 Å². The van der Waals surface area contributed by atoms with E-state index in [1.807, 2.05) is 6.92 Å². The zero-order chi connectivity index (χ0) is 56.4. The zero-order valence-corrected chi connectivity index (χ0v) is 48.4. The molecule has 9 rings (SSSR count). The third-order valence-corrected chi connectivity index (χ3v) is 21.3. The molecule has 4 unspecified atom stereocenters. The summed E-state index contributed by atoms with van der Waals surface area (Å²) in [4.78, 5) is 38.3. The van der Waals surface area contributed by atoms with E-state index in [4.69, 9.17) is 42.6 Å². The molecule has 28 atom stereocenters. The number of fused-ring (bicyclic) bond motifs is 7. The second kappa shape index (κ2) is 22.5. The van der Waals surface area contributed by atoms with E-state index in [2.05, 4.69) is 40.7 Å². The predicted octanol–water partition coefficient (Wildman–Crippen LogP) is -4.92. The number of ether oxygens (including phenoxy) is 9. The summed E-state index contributed by atoms with van der Waals surface area (Å²) in [6.07, 6.45) is -23.3. The summed E-state index contributed by atoms with van der Waals surface area (Å²) in [7, 11) is 0. The Hall–Kier alpha value is -1.53. The number of hydrogen-bond donors (Lipinski definition) is 10. The molecule has 5 aliphatic carbocycles. The minimum absolute atomic E-state index is 0. The monoisotopic (exact) mass is 1120 g/mol. The SMILES string of the molecule is CC(=O)OC(C)C(C)C(=O)OC[C@@]12C(O)[C@H]3O[C@@H]1C[C@]1(C)C(=CC[C@@H]4[C@@]5(C)CCC(O[C@@H]6O[C@H](C(=O)[O-])[C@@H](O[C@@H]7O[C@H](CO)[C@@H](O)[C@H](O)[C@H]7O)[C@H](O)[C@H]6O[C@@H]6OC[C@@H](O)[C@H](O)[C@H]6O)[C@@](C)(CO)[C@@H]5CC[C@]41C)[C@@H]2CC3(C)C.[Na+]. The summed E-state index contributed by atoms with van der Waals surface area (Å²) < 4.78 is 54.1. The molecule has 4 saturated heterocycles. The van der Waals surface area contributed by atoms with E-state index in [1.54, 1.807) is 13.8 Å². The second-order valence-corrected chi connectivity index (χ2v) is 25.8. The third kappa shape index (κ3) is 9.81. The number of carboxylic acid groups (broad SMARTS) is 1. The number of esters is 2.